The summed E-state index contributed by atoms with van der Waals surface area (Å²) < 4.78 is 34.7. The Balaban J connectivity index is 3.46. The lowest BCUT2D eigenvalue weighted by molar-refractivity contribution is 0.146. The zero-order valence-corrected chi connectivity index (χ0v) is 8.12. The van der Waals surface area contributed by atoms with E-state index in [9.17, 15) is 8.78 Å². The maximum absolute atomic E-state index is 12.7. The van der Waals surface area contributed by atoms with Crippen LogP contribution in [0.25, 0.3) is 0 Å². The Morgan fingerprint density at radius 1 is 1.40 bits per heavy atom. The normalized spacial score (nSPS) is 9.87. The van der Waals surface area contributed by atoms with Crippen molar-refractivity contribution in [2.45, 2.75) is 6.43 Å². The molecule has 80 valence electrons. The van der Waals surface area contributed by atoms with Gasteiger partial charge in [0.2, 0.25) is 5.88 Å². The minimum Gasteiger partial charge on any atom is -0.495 e. The highest BCUT2D eigenvalue weighted by Crippen LogP contribution is 2.34. The van der Waals surface area contributed by atoms with Crippen molar-refractivity contribution in [2.75, 3.05) is 14.2 Å². The van der Waals surface area contributed by atoms with Gasteiger partial charge in [0.25, 0.3) is 6.43 Å². The third-order valence-electron chi connectivity index (χ3n) is 1.79. The van der Waals surface area contributed by atoms with Gasteiger partial charge in [-0.1, -0.05) is 0 Å². The summed E-state index contributed by atoms with van der Waals surface area (Å²) in [4.78, 5) is 3.68. The molecule has 0 aliphatic carbocycles. The number of pyridine rings is 1. The summed E-state index contributed by atoms with van der Waals surface area (Å²) >= 11 is 0. The average Bonchev–Trinajstić information content (AvgIpc) is 2.26. The van der Waals surface area contributed by atoms with E-state index < -0.39 is 12.0 Å². The molecule has 0 spiro atoms. The lowest BCUT2D eigenvalue weighted by Crippen LogP contribution is -2.01. The Morgan fingerprint density at radius 2 is 2.07 bits per heavy atom. The van der Waals surface area contributed by atoms with Gasteiger partial charge < -0.3 is 9.47 Å². The predicted octanol–water partition coefficient (Wildman–Crippen LogP) is 1.91. The molecule has 6 heteroatoms. The van der Waals surface area contributed by atoms with E-state index in [4.69, 9.17) is 14.7 Å². The third-order valence-corrected chi connectivity index (χ3v) is 1.79. The minimum atomic E-state index is -2.81. The van der Waals surface area contributed by atoms with Gasteiger partial charge in [0.1, 0.15) is 17.4 Å². The maximum atomic E-state index is 12.7. The zero-order valence-electron chi connectivity index (χ0n) is 8.12. The molecule has 1 rings (SSSR count). The predicted molar refractivity (Wildman–Crippen MR) is 47.0 cm³/mol. The Morgan fingerprint density at radius 3 is 2.47 bits per heavy atom. The fourth-order valence-corrected chi connectivity index (χ4v) is 1.13. The van der Waals surface area contributed by atoms with Crippen LogP contribution in [0.2, 0.25) is 0 Å². The zero-order chi connectivity index (χ0) is 11.4. The third kappa shape index (κ3) is 1.96. The fourth-order valence-electron chi connectivity index (χ4n) is 1.13. The number of nitrogens with zero attached hydrogens (tertiary/aromatic N) is 2. The molecule has 0 radical (unpaired) electrons. The van der Waals surface area contributed by atoms with Gasteiger partial charge in [0.15, 0.2) is 0 Å². The Kier molecular flexibility index (Phi) is 3.39. The van der Waals surface area contributed by atoms with E-state index in [0.29, 0.717) is 0 Å². The van der Waals surface area contributed by atoms with Crippen LogP contribution in [0.5, 0.6) is 11.6 Å². The first-order valence-electron chi connectivity index (χ1n) is 3.94. The molecule has 1 aromatic rings. The first-order valence-corrected chi connectivity index (χ1v) is 3.94. The highest BCUT2D eigenvalue weighted by atomic mass is 19.3. The van der Waals surface area contributed by atoms with Crippen LogP contribution in [0, 0.1) is 11.3 Å². The Hall–Kier alpha value is -1.90. The molecule has 0 amide bonds. The molecule has 1 heterocycles. The van der Waals surface area contributed by atoms with Crippen LogP contribution >= 0.6 is 0 Å². The molecule has 0 unspecified atom stereocenters. The molecule has 0 aromatic carbocycles. The van der Waals surface area contributed by atoms with Crippen molar-refractivity contribution in [3.05, 3.63) is 17.3 Å². The molecule has 0 saturated carbocycles. The summed E-state index contributed by atoms with van der Waals surface area (Å²) in [6, 6.07) is 1.62. The van der Waals surface area contributed by atoms with E-state index >= 15 is 0 Å². The summed E-state index contributed by atoms with van der Waals surface area (Å²) in [6.45, 7) is 0. The molecular weight excluding hydrogens is 206 g/mol. The topological polar surface area (TPSA) is 55.1 Å². The van der Waals surface area contributed by atoms with Crippen LogP contribution in [0.15, 0.2) is 6.20 Å². The number of hydrogen-bond acceptors (Lipinski definition) is 4. The molecule has 0 N–H and O–H groups in total. The van der Waals surface area contributed by atoms with Crippen molar-refractivity contribution in [3.8, 4) is 17.7 Å². The first-order chi connectivity index (χ1) is 7.15. The highest BCUT2D eigenvalue weighted by Gasteiger charge is 2.23. The van der Waals surface area contributed by atoms with Crippen molar-refractivity contribution in [3.63, 3.8) is 0 Å². The van der Waals surface area contributed by atoms with Crippen molar-refractivity contribution in [1.29, 1.82) is 5.26 Å². The standard InChI is InChI=1S/C9H8F2N2O2/c1-14-6-4-13-9(15-2)5(3-12)7(6)8(10)11/h4,8H,1-2H3. The number of ether oxygens (including phenoxy) is 2. The molecule has 4 nitrogen and oxygen atoms in total. The quantitative estimate of drug-likeness (QED) is 0.771. The van der Waals surface area contributed by atoms with Crippen molar-refractivity contribution >= 4 is 0 Å². The number of alkyl halides is 2. The van der Waals surface area contributed by atoms with Crippen LogP contribution in [-0.4, -0.2) is 19.2 Å². The van der Waals surface area contributed by atoms with Crippen molar-refractivity contribution in [2.24, 2.45) is 0 Å². The average molecular weight is 214 g/mol. The molecule has 0 aliphatic rings. The molecule has 0 fully saturated rings. The monoisotopic (exact) mass is 214 g/mol. The second-order valence-electron chi connectivity index (χ2n) is 2.54. The molecular formula is C9H8F2N2O2. The lowest BCUT2D eigenvalue weighted by atomic mass is 10.1. The van der Waals surface area contributed by atoms with Gasteiger partial charge >= 0.3 is 0 Å². The summed E-state index contributed by atoms with van der Waals surface area (Å²) in [7, 11) is 2.49. The summed E-state index contributed by atoms with van der Waals surface area (Å²) in [5.41, 5.74) is -0.793. The highest BCUT2D eigenvalue weighted by molar-refractivity contribution is 5.51. The number of hydrogen-bond donors (Lipinski definition) is 0. The summed E-state index contributed by atoms with van der Waals surface area (Å²) in [5.74, 6) is -0.254. The van der Waals surface area contributed by atoms with Crippen LogP contribution in [0.4, 0.5) is 8.78 Å². The first kappa shape index (κ1) is 11.2. The Bertz CT molecular complexity index is 402. The van der Waals surface area contributed by atoms with E-state index in [-0.39, 0.29) is 17.2 Å². The SMILES string of the molecule is COc1cnc(OC)c(C#N)c1C(F)F. The number of halogens is 2. The fraction of sp³-hybridized carbons (Fsp3) is 0.333. The van der Waals surface area contributed by atoms with Crippen LogP contribution in [-0.2, 0) is 0 Å². The second kappa shape index (κ2) is 4.55. The number of aromatic nitrogens is 1. The van der Waals surface area contributed by atoms with Gasteiger partial charge in [-0.2, -0.15) is 5.26 Å². The Labute approximate surface area is 85.1 Å². The van der Waals surface area contributed by atoms with E-state index in [2.05, 4.69) is 4.98 Å². The molecule has 0 atom stereocenters. The number of methoxy groups -OCH3 is 2. The summed E-state index contributed by atoms with van der Waals surface area (Å²) in [6.07, 6.45) is -1.72. The molecule has 15 heavy (non-hydrogen) atoms. The number of rotatable bonds is 3. The largest absolute Gasteiger partial charge is 0.495 e. The van der Waals surface area contributed by atoms with Gasteiger partial charge in [-0.15, -0.1) is 0 Å². The van der Waals surface area contributed by atoms with Crippen molar-refractivity contribution < 1.29 is 18.3 Å². The van der Waals surface area contributed by atoms with E-state index in [1.165, 1.54) is 14.2 Å². The van der Waals surface area contributed by atoms with E-state index in [1.807, 2.05) is 0 Å². The summed E-state index contributed by atoms with van der Waals surface area (Å²) in [5, 5.41) is 8.74. The van der Waals surface area contributed by atoms with Crippen LogP contribution in [0.1, 0.15) is 17.6 Å². The maximum Gasteiger partial charge on any atom is 0.268 e. The van der Waals surface area contributed by atoms with Gasteiger partial charge in [-0.05, 0) is 0 Å². The smallest absolute Gasteiger partial charge is 0.268 e. The van der Waals surface area contributed by atoms with Crippen LogP contribution in [0.3, 0.4) is 0 Å². The minimum absolute atomic E-state index is 0.123. The van der Waals surface area contributed by atoms with E-state index in [1.54, 1.807) is 6.07 Å². The van der Waals surface area contributed by atoms with Gasteiger partial charge in [0, 0.05) is 0 Å². The van der Waals surface area contributed by atoms with Gasteiger partial charge in [-0.3, -0.25) is 0 Å². The second-order valence-corrected chi connectivity index (χ2v) is 2.54. The lowest BCUT2D eigenvalue weighted by Gasteiger charge is -2.10. The van der Waals surface area contributed by atoms with E-state index in [0.717, 1.165) is 6.20 Å². The molecule has 0 saturated heterocycles. The van der Waals surface area contributed by atoms with Crippen LogP contribution < -0.4 is 9.47 Å². The number of nitriles is 1. The molecule has 1 aromatic heterocycles. The molecule has 0 aliphatic heterocycles. The van der Waals surface area contributed by atoms with Gasteiger partial charge in [0.05, 0.1) is 26.0 Å². The molecule has 0 bridgehead atoms. The van der Waals surface area contributed by atoms with Gasteiger partial charge in [-0.25, -0.2) is 13.8 Å². The van der Waals surface area contributed by atoms with Crippen molar-refractivity contribution in [1.82, 2.24) is 4.98 Å².